The van der Waals surface area contributed by atoms with Crippen molar-refractivity contribution >= 4 is 46.0 Å². The molecular formula is C19H14Cl2N2O3. The molecule has 7 heteroatoms. The van der Waals surface area contributed by atoms with E-state index in [1.54, 1.807) is 42.5 Å². The van der Waals surface area contributed by atoms with Gasteiger partial charge in [-0.15, -0.1) is 0 Å². The number of carbonyl (C=O) groups is 2. The Morgan fingerprint density at radius 1 is 1.00 bits per heavy atom. The summed E-state index contributed by atoms with van der Waals surface area (Å²) in [5.41, 5.74) is 1.91. The van der Waals surface area contributed by atoms with Gasteiger partial charge in [-0.3, -0.25) is 4.79 Å². The Hall–Kier alpha value is -2.63. The fourth-order valence-corrected chi connectivity index (χ4v) is 2.58. The molecule has 3 aromatic rings. The second-order valence-electron chi connectivity index (χ2n) is 5.52. The largest absolute Gasteiger partial charge is 0.452 e. The van der Waals surface area contributed by atoms with E-state index in [0.29, 0.717) is 27.8 Å². The summed E-state index contributed by atoms with van der Waals surface area (Å²) in [6.45, 7) is -0.0285. The fraction of sp³-hybridized carbons (Fsp3) is 0.105. The van der Waals surface area contributed by atoms with Crippen molar-refractivity contribution in [2.45, 2.75) is 6.54 Å². The number of aromatic nitrogens is 1. The van der Waals surface area contributed by atoms with Crippen molar-refractivity contribution in [2.75, 3.05) is 6.61 Å². The first-order valence-corrected chi connectivity index (χ1v) is 8.51. The van der Waals surface area contributed by atoms with Crippen molar-refractivity contribution < 1.29 is 14.3 Å². The van der Waals surface area contributed by atoms with Crippen LogP contribution >= 0.6 is 23.2 Å². The number of esters is 1. The molecule has 0 aliphatic carbocycles. The van der Waals surface area contributed by atoms with Crippen molar-refractivity contribution in [3.63, 3.8) is 0 Å². The maximum absolute atomic E-state index is 12.1. The lowest BCUT2D eigenvalue weighted by atomic mass is 10.1. The summed E-state index contributed by atoms with van der Waals surface area (Å²) in [5.74, 6) is -0.967. The monoisotopic (exact) mass is 388 g/mol. The number of amides is 1. The minimum Gasteiger partial charge on any atom is -0.452 e. The molecule has 1 amide bonds. The Bertz CT molecular complexity index is 959. The molecule has 0 unspecified atom stereocenters. The summed E-state index contributed by atoms with van der Waals surface area (Å²) in [5, 5.41) is 4.44. The molecule has 2 aromatic carbocycles. The van der Waals surface area contributed by atoms with Crippen LogP contribution in [0, 0.1) is 0 Å². The molecule has 26 heavy (non-hydrogen) atoms. The highest BCUT2D eigenvalue weighted by molar-refractivity contribution is 6.30. The average Bonchev–Trinajstić information content (AvgIpc) is 2.65. The van der Waals surface area contributed by atoms with Gasteiger partial charge in [0, 0.05) is 17.0 Å². The van der Waals surface area contributed by atoms with Gasteiger partial charge in [-0.2, -0.15) is 0 Å². The maximum Gasteiger partial charge on any atom is 0.338 e. The molecule has 5 nitrogen and oxygen atoms in total. The molecule has 1 heterocycles. The Morgan fingerprint density at radius 3 is 2.54 bits per heavy atom. The van der Waals surface area contributed by atoms with Gasteiger partial charge in [-0.25, -0.2) is 9.78 Å². The molecule has 0 saturated carbocycles. The Kier molecular flexibility index (Phi) is 5.71. The SMILES string of the molecule is O=C(COC(=O)c1ccc2nc(Cl)ccc2c1)NCc1ccc(Cl)cc1. The first-order chi connectivity index (χ1) is 12.5. The lowest BCUT2D eigenvalue weighted by Crippen LogP contribution is -2.28. The van der Waals surface area contributed by atoms with Gasteiger partial charge in [-0.1, -0.05) is 35.3 Å². The van der Waals surface area contributed by atoms with E-state index in [9.17, 15) is 9.59 Å². The summed E-state index contributed by atoms with van der Waals surface area (Å²) in [7, 11) is 0. The Morgan fingerprint density at radius 2 is 1.77 bits per heavy atom. The van der Waals surface area contributed by atoms with Crippen molar-refractivity contribution in [3.8, 4) is 0 Å². The second kappa shape index (κ2) is 8.17. The van der Waals surface area contributed by atoms with Crippen LogP contribution in [0.4, 0.5) is 0 Å². The zero-order valence-electron chi connectivity index (χ0n) is 13.5. The van der Waals surface area contributed by atoms with Crippen molar-refractivity contribution in [1.82, 2.24) is 10.3 Å². The van der Waals surface area contributed by atoms with Gasteiger partial charge < -0.3 is 10.1 Å². The van der Waals surface area contributed by atoms with Gasteiger partial charge in [0.1, 0.15) is 5.15 Å². The maximum atomic E-state index is 12.1. The molecule has 0 radical (unpaired) electrons. The predicted octanol–water partition coefficient (Wildman–Crippen LogP) is 4.01. The number of pyridine rings is 1. The van der Waals surface area contributed by atoms with Gasteiger partial charge in [0.25, 0.3) is 5.91 Å². The van der Waals surface area contributed by atoms with Crippen molar-refractivity contribution in [3.05, 3.63) is 75.9 Å². The molecule has 0 bridgehead atoms. The number of benzene rings is 2. The standard InChI is InChI=1S/C19H14Cl2N2O3/c20-15-5-1-12(2-6-15)10-22-18(24)11-26-19(25)14-3-7-16-13(9-14)4-8-17(21)23-16/h1-9H,10-11H2,(H,22,24). The third kappa shape index (κ3) is 4.71. The third-order valence-electron chi connectivity index (χ3n) is 3.63. The highest BCUT2D eigenvalue weighted by atomic mass is 35.5. The number of nitrogens with one attached hydrogen (secondary N) is 1. The van der Waals surface area contributed by atoms with E-state index >= 15 is 0 Å². The molecule has 0 atom stereocenters. The van der Waals surface area contributed by atoms with Crippen molar-refractivity contribution in [2.24, 2.45) is 0 Å². The van der Waals surface area contributed by atoms with Crippen LogP contribution in [-0.2, 0) is 16.1 Å². The van der Waals surface area contributed by atoms with Gasteiger partial charge in [0.05, 0.1) is 11.1 Å². The van der Waals surface area contributed by atoms with Gasteiger partial charge in [0.15, 0.2) is 6.61 Å². The number of fused-ring (bicyclic) bond motifs is 1. The molecule has 3 rings (SSSR count). The summed E-state index contributed by atoms with van der Waals surface area (Å²) in [4.78, 5) is 28.1. The number of halogens is 2. The molecule has 0 saturated heterocycles. The summed E-state index contributed by atoms with van der Waals surface area (Å²) < 4.78 is 5.05. The molecular weight excluding hydrogens is 375 g/mol. The van der Waals surface area contributed by atoms with Crippen LogP contribution in [0.1, 0.15) is 15.9 Å². The number of carbonyl (C=O) groups excluding carboxylic acids is 2. The molecule has 132 valence electrons. The first kappa shape index (κ1) is 18.2. The van der Waals surface area contributed by atoms with Gasteiger partial charge >= 0.3 is 5.97 Å². The van der Waals surface area contributed by atoms with Crippen LogP contribution in [0.5, 0.6) is 0 Å². The second-order valence-corrected chi connectivity index (χ2v) is 6.34. The molecule has 1 aromatic heterocycles. The van der Waals surface area contributed by atoms with E-state index in [-0.39, 0.29) is 12.5 Å². The van der Waals surface area contributed by atoms with Gasteiger partial charge in [0.2, 0.25) is 0 Å². The summed E-state index contributed by atoms with van der Waals surface area (Å²) in [6.07, 6.45) is 0. The van der Waals surface area contributed by atoms with E-state index in [2.05, 4.69) is 10.3 Å². The van der Waals surface area contributed by atoms with E-state index in [1.165, 1.54) is 0 Å². The molecule has 1 N–H and O–H groups in total. The van der Waals surface area contributed by atoms with E-state index in [4.69, 9.17) is 27.9 Å². The molecule has 0 spiro atoms. The van der Waals surface area contributed by atoms with Crippen LogP contribution in [0.2, 0.25) is 10.2 Å². The topological polar surface area (TPSA) is 68.3 Å². The Balaban J connectivity index is 1.53. The van der Waals surface area contributed by atoms with Crippen LogP contribution < -0.4 is 5.32 Å². The minimum atomic E-state index is -0.580. The number of hydrogen-bond donors (Lipinski definition) is 1. The lowest BCUT2D eigenvalue weighted by Gasteiger charge is -2.07. The highest BCUT2D eigenvalue weighted by Crippen LogP contribution is 2.17. The van der Waals surface area contributed by atoms with E-state index in [1.807, 2.05) is 12.1 Å². The summed E-state index contributed by atoms with van der Waals surface area (Å²) >= 11 is 11.6. The van der Waals surface area contributed by atoms with Gasteiger partial charge in [-0.05, 0) is 48.0 Å². The Labute approximate surface area is 159 Å². The van der Waals surface area contributed by atoms with E-state index < -0.39 is 5.97 Å². The number of ether oxygens (including phenoxy) is 1. The highest BCUT2D eigenvalue weighted by Gasteiger charge is 2.11. The smallest absolute Gasteiger partial charge is 0.338 e. The third-order valence-corrected chi connectivity index (χ3v) is 4.09. The quantitative estimate of drug-likeness (QED) is 0.529. The number of nitrogens with zero attached hydrogens (tertiary/aromatic N) is 1. The lowest BCUT2D eigenvalue weighted by molar-refractivity contribution is -0.124. The normalized spacial score (nSPS) is 10.5. The summed E-state index contributed by atoms with van der Waals surface area (Å²) in [6, 6.07) is 15.4. The minimum absolute atomic E-state index is 0.329. The zero-order valence-corrected chi connectivity index (χ0v) is 15.1. The molecule has 0 aliphatic heterocycles. The van der Waals surface area contributed by atoms with Crippen LogP contribution in [0.3, 0.4) is 0 Å². The first-order valence-electron chi connectivity index (χ1n) is 7.76. The zero-order chi connectivity index (χ0) is 18.5. The van der Waals surface area contributed by atoms with Crippen LogP contribution in [0.15, 0.2) is 54.6 Å². The fourth-order valence-electron chi connectivity index (χ4n) is 2.30. The predicted molar refractivity (Wildman–Crippen MR) is 100 cm³/mol. The van der Waals surface area contributed by atoms with Crippen LogP contribution in [-0.4, -0.2) is 23.5 Å². The molecule has 0 aliphatic rings. The average molecular weight is 389 g/mol. The van der Waals surface area contributed by atoms with Crippen molar-refractivity contribution in [1.29, 1.82) is 0 Å². The number of rotatable bonds is 5. The molecule has 0 fully saturated rings. The number of hydrogen-bond acceptors (Lipinski definition) is 4. The van der Waals surface area contributed by atoms with Crippen LogP contribution in [0.25, 0.3) is 10.9 Å². The van der Waals surface area contributed by atoms with E-state index in [0.717, 1.165) is 10.9 Å².